The van der Waals surface area contributed by atoms with Crippen LogP contribution >= 0.6 is 22.7 Å². The number of fused-ring (bicyclic) bond motifs is 1. The number of thiazole rings is 1. The summed E-state index contributed by atoms with van der Waals surface area (Å²) in [4.78, 5) is 17.7. The Kier molecular flexibility index (Phi) is 4.55. The van der Waals surface area contributed by atoms with E-state index in [2.05, 4.69) is 27.1 Å². The number of nitrogens with one attached hydrogen (secondary N) is 1. The predicted octanol–water partition coefficient (Wildman–Crippen LogP) is 3.45. The first-order chi connectivity index (χ1) is 10.3. The minimum absolute atomic E-state index is 0.133. The summed E-state index contributed by atoms with van der Waals surface area (Å²) < 4.78 is 5.13. The third-order valence-corrected chi connectivity index (χ3v) is 5.38. The van der Waals surface area contributed by atoms with Gasteiger partial charge in [0.2, 0.25) is 0 Å². The van der Waals surface area contributed by atoms with Gasteiger partial charge in [-0.1, -0.05) is 0 Å². The van der Waals surface area contributed by atoms with Crippen molar-refractivity contribution < 1.29 is 9.53 Å². The molecule has 0 aromatic carbocycles. The van der Waals surface area contributed by atoms with E-state index in [0.717, 1.165) is 36.6 Å². The van der Waals surface area contributed by atoms with E-state index < -0.39 is 0 Å². The maximum absolute atomic E-state index is 11.9. The van der Waals surface area contributed by atoms with Gasteiger partial charge in [0, 0.05) is 11.4 Å². The Morgan fingerprint density at radius 3 is 3.24 bits per heavy atom. The minimum atomic E-state index is -0.163. The number of esters is 1. The second kappa shape index (κ2) is 6.58. The number of aromatic nitrogens is 1. The van der Waals surface area contributed by atoms with E-state index in [9.17, 15) is 4.79 Å². The molecule has 21 heavy (non-hydrogen) atoms. The maximum Gasteiger partial charge on any atom is 0.315 e. The van der Waals surface area contributed by atoms with E-state index in [-0.39, 0.29) is 11.9 Å². The van der Waals surface area contributed by atoms with Gasteiger partial charge in [0.15, 0.2) is 5.13 Å². The molecule has 4 nitrogen and oxygen atoms in total. The van der Waals surface area contributed by atoms with Gasteiger partial charge in [-0.05, 0) is 48.6 Å². The van der Waals surface area contributed by atoms with Gasteiger partial charge in [0.05, 0.1) is 12.3 Å². The molecule has 1 unspecified atom stereocenters. The first-order valence-electron chi connectivity index (χ1n) is 7.19. The molecule has 1 N–H and O–H groups in total. The lowest BCUT2D eigenvalue weighted by molar-refractivity contribution is -0.145. The number of carbonyl (C=O) groups excluding carboxylic acids is 1. The Balaban J connectivity index is 1.59. The smallest absolute Gasteiger partial charge is 0.315 e. The van der Waals surface area contributed by atoms with Gasteiger partial charge in [-0.15, -0.1) is 11.3 Å². The summed E-state index contributed by atoms with van der Waals surface area (Å²) in [7, 11) is 0. The zero-order valence-electron chi connectivity index (χ0n) is 11.9. The highest BCUT2D eigenvalue weighted by atomic mass is 32.1. The molecule has 0 fully saturated rings. The standard InChI is InChI=1S/C15H18N2O2S2/c1-2-19-14(18)11-3-4-12-13(11)17-15(21-12)16-7-5-10-6-8-20-9-10/h6,8-9,11H,2-5,7H2,1H3,(H,16,17). The number of nitrogens with zero attached hydrogens (tertiary/aromatic N) is 1. The van der Waals surface area contributed by atoms with Crippen molar-refractivity contribution in [3.05, 3.63) is 33.0 Å². The highest BCUT2D eigenvalue weighted by molar-refractivity contribution is 7.15. The number of hydrogen-bond donors (Lipinski definition) is 1. The summed E-state index contributed by atoms with van der Waals surface area (Å²) in [6.45, 7) is 3.14. The van der Waals surface area contributed by atoms with Crippen LogP contribution in [0.2, 0.25) is 0 Å². The molecular formula is C15H18N2O2S2. The maximum atomic E-state index is 11.9. The Bertz CT molecular complexity index is 607. The number of aryl methyl sites for hydroxylation is 1. The van der Waals surface area contributed by atoms with Gasteiger partial charge >= 0.3 is 5.97 Å². The second-order valence-electron chi connectivity index (χ2n) is 4.98. The Hall–Kier alpha value is -1.40. The second-order valence-corrected chi connectivity index (χ2v) is 6.84. The molecule has 1 aliphatic carbocycles. The van der Waals surface area contributed by atoms with Crippen LogP contribution in [0, 0.1) is 0 Å². The van der Waals surface area contributed by atoms with E-state index in [1.807, 2.05) is 6.92 Å². The number of anilines is 1. The Morgan fingerprint density at radius 1 is 1.57 bits per heavy atom. The molecule has 0 amide bonds. The third kappa shape index (κ3) is 3.27. The average molecular weight is 322 g/mol. The van der Waals surface area contributed by atoms with E-state index in [0.29, 0.717) is 6.61 Å². The van der Waals surface area contributed by atoms with Crippen LogP contribution in [0.25, 0.3) is 0 Å². The molecule has 0 spiro atoms. The zero-order valence-corrected chi connectivity index (χ0v) is 13.6. The van der Waals surface area contributed by atoms with Crippen LogP contribution in [-0.2, 0) is 22.4 Å². The lowest BCUT2D eigenvalue weighted by Gasteiger charge is -2.08. The van der Waals surface area contributed by atoms with Crippen molar-refractivity contribution >= 4 is 33.8 Å². The van der Waals surface area contributed by atoms with E-state index >= 15 is 0 Å². The monoisotopic (exact) mass is 322 g/mol. The number of ether oxygens (including phenoxy) is 1. The summed E-state index contributed by atoms with van der Waals surface area (Å²) in [5.74, 6) is -0.296. The number of rotatable bonds is 6. The molecule has 3 rings (SSSR count). The Morgan fingerprint density at radius 2 is 2.48 bits per heavy atom. The van der Waals surface area contributed by atoms with E-state index in [1.165, 1.54) is 10.4 Å². The van der Waals surface area contributed by atoms with Crippen molar-refractivity contribution in [1.29, 1.82) is 0 Å². The average Bonchev–Trinajstić information content (AvgIpc) is 3.14. The first-order valence-corrected chi connectivity index (χ1v) is 8.95. The number of carbonyl (C=O) groups is 1. The molecule has 2 heterocycles. The van der Waals surface area contributed by atoms with E-state index in [4.69, 9.17) is 4.74 Å². The van der Waals surface area contributed by atoms with Crippen LogP contribution < -0.4 is 5.32 Å². The van der Waals surface area contributed by atoms with Crippen LogP contribution in [0.3, 0.4) is 0 Å². The van der Waals surface area contributed by atoms with Crippen molar-refractivity contribution in [2.45, 2.75) is 32.1 Å². The highest BCUT2D eigenvalue weighted by Crippen LogP contribution is 2.38. The summed E-state index contributed by atoms with van der Waals surface area (Å²) in [6.07, 6.45) is 2.76. The molecule has 6 heteroatoms. The molecule has 1 atom stereocenters. The van der Waals surface area contributed by atoms with Crippen LogP contribution in [0.4, 0.5) is 5.13 Å². The van der Waals surface area contributed by atoms with Crippen molar-refractivity contribution in [3.63, 3.8) is 0 Å². The SMILES string of the molecule is CCOC(=O)C1CCc2sc(NCCc3ccsc3)nc21. The van der Waals surface area contributed by atoms with Crippen LogP contribution in [0.5, 0.6) is 0 Å². The molecule has 0 aliphatic heterocycles. The van der Waals surface area contributed by atoms with Crippen molar-refractivity contribution in [1.82, 2.24) is 4.98 Å². The summed E-state index contributed by atoms with van der Waals surface area (Å²) in [5, 5.41) is 8.55. The lowest BCUT2D eigenvalue weighted by atomic mass is 10.1. The predicted molar refractivity (Wildman–Crippen MR) is 86.3 cm³/mol. The van der Waals surface area contributed by atoms with Gasteiger partial charge in [-0.25, -0.2) is 4.98 Å². The third-order valence-electron chi connectivity index (χ3n) is 3.56. The Labute approximate surface area is 132 Å². The van der Waals surface area contributed by atoms with Crippen molar-refractivity contribution in [2.24, 2.45) is 0 Å². The fraction of sp³-hybridized carbons (Fsp3) is 0.467. The minimum Gasteiger partial charge on any atom is -0.465 e. The van der Waals surface area contributed by atoms with Crippen LogP contribution in [-0.4, -0.2) is 24.1 Å². The highest BCUT2D eigenvalue weighted by Gasteiger charge is 2.33. The van der Waals surface area contributed by atoms with Gasteiger partial charge in [-0.2, -0.15) is 11.3 Å². The zero-order chi connectivity index (χ0) is 14.7. The molecule has 2 aromatic heterocycles. The fourth-order valence-electron chi connectivity index (χ4n) is 2.52. The van der Waals surface area contributed by atoms with E-state index in [1.54, 1.807) is 22.7 Å². The summed E-state index contributed by atoms with van der Waals surface area (Å²) >= 11 is 3.39. The summed E-state index contributed by atoms with van der Waals surface area (Å²) in [5.41, 5.74) is 2.28. The van der Waals surface area contributed by atoms with Crippen molar-refractivity contribution in [3.8, 4) is 0 Å². The molecule has 2 aromatic rings. The molecule has 0 saturated heterocycles. The van der Waals surface area contributed by atoms with Crippen molar-refractivity contribution in [2.75, 3.05) is 18.5 Å². The topological polar surface area (TPSA) is 51.2 Å². The van der Waals surface area contributed by atoms with Crippen LogP contribution in [0.15, 0.2) is 16.8 Å². The molecule has 0 saturated carbocycles. The summed E-state index contributed by atoms with van der Waals surface area (Å²) in [6, 6.07) is 2.14. The van der Waals surface area contributed by atoms with Gasteiger partial charge in [0.1, 0.15) is 5.92 Å². The fourth-order valence-corrected chi connectivity index (χ4v) is 4.29. The van der Waals surface area contributed by atoms with Crippen LogP contribution in [0.1, 0.15) is 35.4 Å². The molecule has 1 aliphatic rings. The molecule has 0 radical (unpaired) electrons. The number of hydrogen-bond acceptors (Lipinski definition) is 6. The van der Waals surface area contributed by atoms with Gasteiger partial charge in [-0.3, -0.25) is 4.79 Å². The number of thiophene rings is 1. The molecule has 112 valence electrons. The first kappa shape index (κ1) is 14.5. The van der Waals surface area contributed by atoms with Gasteiger partial charge < -0.3 is 10.1 Å². The van der Waals surface area contributed by atoms with Gasteiger partial charge in [0.25, 0.3) is 0 Å². The lowest BCUT2D eigenvalue weighted by Crippen LogP contribution is -2.14. The molecule has 0 bridgehead atoms. The quantitative estimate of drug-likeness (QED) is 0.828. The normalized spacial score (nSPS) is 16.7. The molecular weight excluding hydrogens is 304 g/mol. The largest absolute Gasteiger partial charge is 0.465 e.